The van der Waals surface area contributed by atoms with E-state index in [4.69, 9.17) is 9.47 Å². The summed E-state index contributed by atoms with van der Waals surface area (Å²) < 4.78 is 10.5. The number of benzene rings is 2. The average molecular weight is 410 g/mol. The molecule has 1 fully saturated rings. The van der Waals surface area contributed by atoms with Gasteiger partial charge in [-0.2, -0.15) is 0 Å². The Kier molecular flexibility index (Phi) is 6.79. The van der Waals surface area contributed by atoms with Crippen LogP contribution in [0.5, 0.6) is 5.75 Å². The van der Waals surface area contributed by atoms with Gasteiger partial charge >= 0.3 is 5.97 Å². The van der Waals surface area contributed by atoms with Crippen LogP contribution in [0.1, 0.15) is 30.9 Å². The highest BCUT2D eigenvalue weighted by Crippen LogP contribution is 2.22. The number of amides is 3. The average Bonchev–Trinajstić information content (AvgIpc) is 3.09. The van der Waals surface area contributed by atoms with Crippen LogP contribution >= 0.6 is 0 Å². The van der Waals surface area contributed by atoms with Crippen molar-refractivity contribution in [3.8, 4) is 5.75 Å². The van der Waals surface area contributed by atoms with E-state index >= 15 is 0 Å². The molecule has 1 aliphatic rings. The molecule has 1 N–H and O–H groups in total. The summed E-state index contributed by atoms with van der Waals surface area (Å²) in [5.41, 5.74) is 1.02. The van der Waals surface area contributed by atoms with Crippen LogP contribution in [0, 0.1) is 0 Å². The van der Waals surface area contributed by atoms with Gasteiger partial charge in [0.25, 0.3) is 5.91 Å². The van der Waals surface area contributed by atoms with Gasteiger partial charge in [0.1, 0.15) is 5.75 Å². The van der Waals surface area contributed by atoms with E-state index in [0.29, 0.717) is 17.0 Å². The summed E-state index contributed by atoms with van der Waals surface area (Å²) in [5, 5.41) is 2.72. The van der Waals surface area contributed by atoms with E-state index in [9.17, 15) is 19.2 Å². The molecule has 1 unspecified atom stereocenters. The van der Waals surface area contributed by atoms with E-state index in [1.165, 1.54) is 0 Å². The van der Waals surface area contributed by atoms with Gasteiger partial charge < -0.3 is 14.8 Å². The summed E-state index contributed by atoms with van der Waals surface area (Å²) in [7, 11) is 1.54. The van der Waals surface area contributed by atoms with Gasteiger partial charge in [-0.25, -0.2) is 0 Å². The number of hydrogen-bond acceptors (Lipinski definition) is 6. The zero-order valence-corrected chi connectivity index (χ0v) is 16.5. The lowest BCUT2D eigenvalue weighted by Crippen LogP contribution is -2.32. The monoisotopic (exact) mass is 410 g/mol. The van der Waals surface area contributed by atoms with Crippen molar-refractivity contribution in [2.24, 2.45) is 0 Å². The van der Waals surface area contributed by atoms with Gasteiger partial charge in [-0.3, -0.25) is 24.1 Å². The lowest BCUT2D eigenvalue weighted by Gasteiger charge is -2.19. The SMILES string of the molecule is COc1ccc(NC(=O)C(OC(=O)CCN2C(=O)CCC2=O)c2ccccc2)cc1. The minimum Gasteiger partial charge on any atom is -0.497 e. The van der Waals surface area contributed by atoms with Gasteiger partial charge in [0.15, 0.2) is 0 Å². The van der Waals surface area contributed by atoms with Crippen molar-refractivity contribution in [1.29, 1.82) is 0 Å². The topological polar surface area (TPSA) is 102 Å². The molecule has 0 saturated carbocycles. The number of anilines is 1. The van der Waals surface area contributed by atoms with Crippen molar-refractivity contribution in [2.45, 2.75) is 25.4 Å². The van der Waals surface area contributed by atoms with Crippen LogP contribution in [0.15, 0.2) is 54.6 Å². The molecule has 0 spiro atoms. The van der Waals surface area contributed by atoms with Crippen LogP contribution in [0.2, 0.25) is 0 Å². The van der Waals surface area contributed by atoms with Gasteiger partial charge in [0, 0.05) is 30.6 Å². The number of ether oxygens (including phenoxy) is 2. The molecule has 30 heavy (non-hydrogen) atoms. The molecule has 0 aromatic heterocycles. The van der Waals surface area contributed by atoms with E-state index in [-0.39, 0.29) is 37.6 Å². The molecule has 3 amide bonds. The van der Waals surface area contributed by atoms with Crippen molar-refractivity contribution < 1.29 is 28.7 Å². The number of esters is 1. The maximum atomic E-state index is 12.8. The number of carbonyl (C=O) groups excluding carboxylic acids is 4. The molecule has 8 heteroatoms. The van der Waals surface area contributed by atoms with E-state index in [2.05, 4.69) is 5.32 Å². The second-order valence-electron chi connectivity index (χ2n) is 6.69. The minimum atomic E-state index is -1.18. The van der Waals surface area contributed by atoms with Crippen LogP contribution in [-0.4, -0.2) is 42.2 Å². The predicted octanol–water partition coefficient (Wildman–Crippen LogP) is 2.46. The molecule has 3 rings (SSSR count). The number of hydrogen-bond donors (Lipinski definition) is 1. The second-order valence-corrected chi connectivity index (χ2v) is 6.69. The van der Waals surface area contributed by atoms with Crippen LogP contribution < -0.4 is 10.1 Å². The van der Waals surface area contributed by atoms with Crippen LogP contribution in [-0.2, 0) is 23.9 Å². The summed E-state index contributed by atoms with van der Waals surface area (Å²) in [6.45, 7) is -0.0574. The van der Waals surface area contributed by atoms with Gasteiger partial charge in [-0.15, -0.1) is 0 Å². The third-order valence-corrected chi connectivity index (χ3v) is 4.64. The van der Waals surface area contributed by atoms with Crippen LogP contribution in [0.25, 0.3) is 0 Å². The number of nitrogens with one attached hydrogen (secondary N) is 1. The maximum absolute atomic E-state index is 12.8. The number of imide groups is 1. The van der Waals surface area contributed by atoms with Crippen LogP contribution in [0.4, 0.5) is 5.69 Å². The van der Waals surface area contributed by atoms with Crippen molar-refractivity contribution >= 4 is 29.4 Å². The zero-order chi connectivity index (χ0) is 21.5. The first-order valence-electron chi connectivity index (χ1n) is 9.50. The number of nitrogens with zero attached hydrogens (tertiary/aromatic N) is 1. The van der Waals surface area contributed by atoms with Gasteiger partial charge in [-0.05, 0) is 24.3 Å². The zero-order valence-electron chi connectivity index (χ0n) is 16.5. The summed E-state index contributed by atoms with van der Waals surface area (Å²) >= 11 is 0. The van der Waals surface area contributed by atoms with Crippen LogP contribution in [0.3, 0.4) is 0 Å². The molecule has 1 heterocycles. The Morgan fingerprint density at radius 2 is 1.63 bits per heavy atom. The molecular formula is C22H22N2O6. The smallest absolute Gasteiger partial charge is 0.308 e. The predicted molar refractivity (Wildman–Crippen MR) is 107 cm³/mol. The third-order valence-electron chi connectivity index (χ3n) is 4.64. The Morgan fingerprint density at radius 1 is 1.00 bits per heavy atom. The fourth-order valence-corrected chi connectivity index (χ4v) is 3.05. The molecule has 0 radical (unpaired) electrons. The third kappa shape index (κ3) is 5.22. The number of methoxy groups -OCH3 is 1. The molecular weight excluding hydrogens is 388 g/mol. The minimum absolute atomic E-state index is 0.0574. The lowest BCUT2D eigenvalue weighted by atomic mass is 10.1. The first-order valence-corrected chi connectivity index (χ1v) is 9.50. The fourth-order valence-electron chi connectivity index (χ4n) is 3.05. The Balaban J connectivity index is 1.67. The highest BCUT2D eigenvalue weighted by Gasteiger charge is 2.30. The maximum Gasteiger partial charge on any atom is 0.308 e. The van der Waals surface area contributed by atoms with Crippen molar-refractivity contribution in [1.82, 2.24) is 4.90 Å². The molecule has 156 valence electrons. The largest absolute Gasteiger partial charge is 0.497 e. The highest BCUT2D eigenvalue weighted by molar-refractivity contribution is 6.02. The van der Waals surface area contributed by atoms with Gasteiger partial charge in [0.05, 0.1) is 13.5 Å². The second kappa shape index (κ2) is 9.69. The van der Waals surface area contributed by atoms with Gasteiger partial charge in [-0.1, -0.05) is 30.3 Å². The molecule has 1 saturated heterocycles. The first kappa shape index (κ1) is 21.0. The standard InChI is InChI=1S/C22H22N2O6/c1-29-17-9-7-16(8-10-17)23-22(28)21(15-5-3-2-4-6-15)30-20(27)13-14-24-18(25)11-12-19(24)26/h2-10,21H,11-14H2,1H3,(H,23,28). The molecule has 2 aromatic rings. The number of rotatable bonds is 8. The van der Waals surface area contributed by atoms with E-state index in [1.807, 2.05) is 0 Å². The van der Waals surface area contributed by atoms with Crippen molar-refractivity contribution in [2.75, 3.05) is 19.0 Å². The molecule has 8 nitrogen and oxygen atoms in total. The normalized spacial score (nSPS) is 14.4. The van der Waals surface area contributed by atoms with Crippen molar-refractivity contribution in [3.05, 3.63) is 60.2 Å². The first-order chi connectivity index (χ1) is 14.5. The number of carbonyl (C=O) groups is 4. The molecule has 0 aliphatic carbocycles. The summed E-state index contributed by atoms with van der Waals surface area (Å²) in [6, 6.07) is 15.4. The summed E-state index contributed by atoms with van der Waals surface area (Å²) in [5.74, 6) is -1.16. The van der Waals surface area contributed by atoms with E-state index in [0.717, 1.165) is 4.90 Å². The molecule has 1 aliphatic heterocycles. The number of likely N-dealkylation sites (tertiary alicyclic amines) is 1. The van der Waals surface area contributed by atoms with E-state index < -0.39 is 18.0 Å². The molecule has 1 atom stereocenters. The molecule has 0 bridgehead atoms. The fraction of sp³-hybridized carbons (Fsp3) is 0.273. The molecule has 2 aromatic carbocycles. The Bertz CT molecular complexity index is 910. The Morgan fingerprint density at radius 3 is 2.23 bits per heavy atom. The Hall–Kier alpha value is -3.68. The summed E-state index contributed by atoms with van der Waals surface area (Å²) in [6.07, 6.45) is -1.04. The highest BCUT2D eigenvalue weighted by atomic mass is 16.5. The lowest BCUT2D eigenvalue weighted by molar-refractivity contribution is -0.155. The Labute approximate surface area is 173 Å². The summed E-state index contributed by atoms with van der Waals surface area (Å²) in [4.78, 5) is 49.6. The quantitative estimate of drug-likeness (QED) is 0.530. The van der Waals surface area contributed by atoms with Gasteiger partial charge in [0.2, 0.25) is 17.9 Å². The van der Waals surface area contributed by atoms with E-state index in [1.54, 1.807) is 61.7 Å². The van der Waals surface area contributed by atoms with Crippen molar-refractivity contribution in [3.63, 3.8) is 0 Å².